The third-order valence-corrected chi connectivity index (χ3v) is 4.83. The number of thioether (sulfide) groups is 1. The quantitative estimate of drug-likeness (QED) is 0.688. The van der Waals surface area contributed by atoms with Crippen molar-refractivity contribution >= 4 is 17.7 Å². The van der Waals surface area contributed by atoms with Gasteiger partial charge in [-0.1, -0.05) is 45.0 Å². The highest BCUT2D eigenvalue weighted by Gasteiger charge is 2.12. The molecule has 0 saturated heterocycles. The van der Waals surface area contributed by atoms with Gasteiger partial charge in [0.2, 0.25) is 5.91 Å². The monoisotopic (exact) mass is 375 g/mol. The van der Waals surface area contributed by atoms with Crippen LogP contribution in [0.25, 0.3) is 0 Å². The van der Waals surface area contributed by atoms with E-state index in [1.807, 2.05) is 12.1 Å². The van der Waals surface area contributed by atoms with Crippen LogP contribution in [-0.2, 0) is 16.0 Å². The van der Waals surface area contributed by atoms with E-state index in [0.717, 1.165) is 11.3 Å². The van der Waals surface area contributed by atoms with E-state index in [-0.39, 0.29) is 17.1 Å². The number of amides is 1. The van der Waals surface area contributed by atoms with Gasteiger partial charge in [0.05, 0.1) is 12.3 Å². The average molecular weight is 376 g/mol. The summed E-state index contributed by atoms with van der Waals surface area (Å²) >= 11 is 1.50. The Morgan fingerprint density at radius 2 is 1.73 bits per heavy atom. The van der Waals surface area contributed by atoms with Crippen molar-refractivity contribution in [2.75, 3.05) is 18.9 Å². The zero-order valence-electron chi connectivity index (χ0n) is 15.5. The van der Waals surface area contributed by atoms with Crippen molar-refractivity contribution < 1.29 is 13.9 Å². The average Bonchev–Trinajstić information content (AvgIpc) is 2.60. The van der Waals surface area contributed by atoms with E-state index in [0.29, 0.717) is 24.7 Å². The summed E-state index contributed by atoms with van der Waals surface area (Å²) in [6.45, 7) is 7.42. The molecular weight excluding hydrogens is 349 g/mol. The minimum absolute atomic E-state index is 0.0243. The molecule has 0 unspecified atom stereocenters. The Morgan fingerprint density at radius 1 is 1.08 bits per heavy atom. The van der Waals surface area contributed by atoms with Crippen molar-refractivity contribution in [2.24, 2.45) is 0 Å². The van der Waals surface area contributed by atoms with Gasteiger partial charge in [0.1, 0.15) is 18.2 Å². The molecule has 3 nitrogen and oxygen atoms in total. The summed E-state index contributed by atoms with van der Waals surface area (Å²) in [5.74, 6) is 1.59. The third kappa shape index (κ3) is 7.08. The number of ether oxygens (including phenoxy) is 1. The lowest BCUT2D eigenvalue weighted by Crippen LogP contribution is -2.29. The maximum atomic E-state index is 12.8. The first-order valence-electron chi connectivity index (χ1n) is 8.67. The van der Waals surface area contributed by atoms with Crippen LogP contribution in [0, 0.1) is 5.82 Å². The Hall–Kier alpha value is -2.01. The van der Waals surface area contributed by atoms with Crippen LogP contribution >= 0.6 is 11.8 Å². The zero-order chi connectivity index (χ0) is 19.0. The van der Waals surface area contributed by atoms with E-state index >= 15 is 0 Å². The second kappa shape index (κ2) is 9.62. The molecule has 0 spiro atoms. The summed E-state index contributed by atoms with van der Waals surface area (Å²) in [4.78, 5) is 11.8. The molecule has 0 aromatic heterocycles. The van der Waals surface area contributed by atoms with Crippen molar-refractivity contribution in [3.63, 3.8) is 0 Å². The van der Waals surface area contributed by atoms with Crippen molar-refractivity contribution in [1.29, 1.82) is 0 Å². The lowest BCUT2D eigenvalue weighted by Gasteiger charge is -2.19. The highest BCUT2D eigenvalue weighted by molar-refractivity contribution is 7.99. The first kappa shape index (κ1) is 20.3. The molecule has 0 aliphatic heterocycles. The van der Waals surface area contributed by atoms with Gasteiger partial charge in [-0.2, -0.15) is 0 Å². The lowest BCUT2D eigenvalue weighted by molar-refractivity contribution is -0.118. The summed E-state index contributed by atoms with van der Waals surface area (Å²) in [5, 5.41) is 2.84. The van der Waals surface area contributed by atoms with E-state index in [9.17, 15) is 9.18 Å². The summed E-state index contributed by atoms with van der Waals surface area (Å²) < 4.78 is 18.5. The first-order chi connectivity index (χ1) is 12.3. The third-order valence-electron chi connectivity index (χ3n) is 3.83. The highest BCUT2D eigenvalue weighted by atomic mass is 32.2. The molecule has 1 N–H and O–H groups in total. The Kier molecular flexibility index (Phi) is 7.51. The van der Waals surface area contributed by atoms with E-state index < -0.39 is 0 Å². The standard InChI is InChI=1S/C21H26FNO2S/c1-21(2,3)17-6-10-19(11-7-17)25-13-12-23-20(24)15-26-14-16-4-8-18(22)9-5-16/h4-11H,12-15H2,1-3H3,(H,23,24). The molecule has 5 heteroatoms. The summed E-state index contributed by atoms with van der Waals surface area (Å²) in [5.41, 5.74) is 2.39. The zero-order valence-corrected chi connectivity index (χ0v) is 16.4. The first-order valence-corrected chi connectivity index (χ1v) is 9.82. The predicted octanol–water partition coefficient (Wildman–Crippen LogP) is 4.55. The van der Waals surface area contributed by atoms with Crippen molar-refractivity contribution in [1.82, 2.24) is 5.32 Å². The van der Waals surface area contributed by atoms with Gasteiger partial charge in [-0.3, -0.25) is 4.79 Å². The number of benzene rings is 2. The van der Waals surface area contributed by atoms with Gasteiger partial charge in [-0.15, -0.1) is 11.8 Å². The van der Waals surface area contributed by atoms with Gasteiger partial charge < -0.3 is 10.1 Å². The Balaban J connectivity index is 1.60. The molecule has 0 atom stereocenters. The second-order valence-electron chi connectivity index (χ2n) is 7.09. The van der Waals surface area contributed by atoms with Crippen molar-refractivity contribution in [2.45, 2.75) is 31.9 Å². The fourth-order valence-corrected chi connectivity index (χ4v) is 3.12. The number of hydrogen-bond donors (Lipinski definition) is 1. The summed E-state index contributed by atoms with van der Waals surface area (Å²) in [6.07, 6.45) is 0. The molecule has 0 aliphatic rings. The smallest absolute Gasteiger partial charge is 0.230 e. The van der Waals surface area contributed by atoms with Gasteiger partial charge in [0.15, 0.2) is 0 Å². The second-order valence-corrected chi connectivity index (χ2v) is 8.08. The molecule has 2 aromatic rings. The molecule has 0 bridgehead atoms. The molecule has 0 saturated carbocycles. The molecule has 2 aromatic carbocycles. The van der Waals surface area contributed by atoms with Crippen LogP contribution < -0.4 is 10.1 Å². The minimum atomic E-state index is -0.246. The van der Waals surface area contributed by atoms with Crippen LogP contribution in [-0.4, -0.2) is 24.8 Å². The largest absolute Gasteiger partial charge is 0.492 e. The van der Waals surface area contributed by atoms with Crippen LogP contribution in [0.3, 0.4) is 0 Å². The molecule has 0 radical (unpaired) electrons. The molecule has 26 heavy (non-hydrogen) atoms. The molecule has 1 amide bonds. The normalized spacial score (nSPS) is 11.2. The number of hydrogen-bond acceptors (Lipinski definition) is 3. The van der Waals surface area contributed by atoms with E-state index in [2.05, 4.69) is 38.2 Å². The lowest BCUT2D eigenvalue weighted by atomic mass is 9.87. The number of halogens is 1. The number of carbonyl (C=O) groups is 1. The van der Waals surface area contributed by atoms with Crippen LogP contribution in [0.2, 0.25) is 0 Å². The molecule has 140 valence electrons. The number of rotatable bonds is 8. The van der Waals surface area contributed by atoms with Crippen LogP contribution in [0.1, 0.15) is 31.9 Å². The highest BCUT2D eigenvalue weighted by Crippen LogP contribution is 2.24. The maximum absolute atomic E-state index is 12.8. The van der Waals surface area contributed by atoms with Gasteiger partial charge in [-0.05, 0) is 40.8 Å². The summed E-state index contributed by atoms with van der Waals surface area (Å²) in [6, 6.07) is 14.4. The van der Waals surface area contributed by atoms with Gasteiger partial charge >= 0.3 is 0 Å². The van der Waals surface area contributed by atoms with Crippen LogP contribution in [0.4, 0.5) is 4.39 Å². The molecule has 0 fully saturated rings. The van der Waals surface area contributed by atoms with Gasteiger partial charge in [-0.25, -0.2) is 4.39 Å². The van der Waals surface area contributed by atoms with E-state index in [1.165, 1.54) is 29.5 Å². The van der Waals surface area contributed by atoms with E-state index in [1.54, 1.807) is 12.1 Å². The summed E-state index contributed by atoms with van der Waals surface area (Å²) in [7, 11) is 0. The number of nitrogens with one attached hydrogen (secondary N) is 1. The fraction of sp³-hybridized carbons (Fsp3) is 0.381. The number of carbonyl (C=O) groups excluding carboxylic acids is 1. The van der Waals surface area contributed by atoms with Crippen molar-refractivity contribution in [3.05, 3.63) is 65.5 Å². The van der Waals surface area contributed by atoms with Gasteiger partial charge in [0.25, 0.3) is 0 Å². The van der Waals surface area contributed by atoms with E-state index in [4.69, 9.17) is 4.74 Å². The molecule has 2 rings (SSSR count). The minimum Gasteiger partial charge on any atom is -0.492 e. The van der Waals surface area contributed by atoms with Crippen molar-refractivity contribution in [3.8, 4) is 5.75 Å². The Morgan fingerprint density at radius 3 is 2.35 bits per heavy atom. The molecule has 0 heterocycles. The van der Waals surface area contributed by atoms with Crippen LogP contribution in [0.5, 0.6) is 5.75 Å². The molecule has 0 aliphatic carbocycles. The Bertz CT molecular complexity index is 693. The van der Waals surface area contributed by atoms with Crippen LogP contribution in [0.15, 0.2) is 48.5 Å². The maximum Gasteiger partial charge on any atom is 0.230 e. The van der Waals surface area contributed by atoms with Gasteiger partial charge in [0, 0.05) is 5.75 Å². The topological polar surface area (TPSA) is 38.3 Å². The Labute approximate surface area is 159 Å². The SMILES string of the molecule is CC(C)(C)c1ccc(OCCNC(=O)CSCc2ccc(F)cc2)cc1. The fourth-order valence-electron chi connectivity index (χ4n) is 2.30. The molecular formula is C21H26FNO2S. The predicted molar refractivity (Wildman–Crippen MR) is 106 cm³/mol.